The third-order valence-corrected chi connectivity index (χ3v) is 4.19. The van der Waals surface area contributed by atoms with Gasteiger partial charge in [0, 0.05) is 24.6 Å². The first kappa shape index (κ1) is 15.2. The van der Waals surface area contributed by atoms with Crippen LogP contribution in [0, 0.1) is 5.92 Å². The van der Waals surface area contributed by atoms with Crippen molar-refractivity contribution in [3.63, 3.8) is 0 Å². The summed E-state index contributed by atoms with van der Waals surface area (Å²) >= 11 is 0. The molecule has 2 heterocycles. The Morgan fingerprint density at radius 1 is 1.22 bits per heavy atom. The van der Waals surface area contributed by atoms with E-state index in [0.29, 0.717) is 31.4 Å². The van der Waals surface area contributed by atoms with Crippen LogP contribution in [0.25, 0.3) is 5.69 Å². The summed E-state index contributed by atoms with van der Waals surface area (Å²) in [6, 6.07) is 3.52. The van der Waals surface area contributed by atoms with Crippen LogP contribution < -0.4 is 5.32 Å². The van der Waals surface area contributed by atoms with Crippen LogP contribution in [0.2, 0.25) is 0 Å². The summed E-state index contributed by atoms with van der Waals surface area (Å²) in [5.41, 5.74) is 1.16. The number of nitrogens with one attached hydrogen (secondary N) is 1. The highest BCUT2D eigenvalue weighted by atomic mass is 16.4. The van der Waals surface area contributed by atoms with Gasteiger partial charge in [0.05, 0.1) is 17.9 Å². The molecule has 1 aliphatic carbocycles. The molecule has 0 saturated heterocycles. The number of carboxylic acids is 1. The Labute approximate surface area is 133 Å². The number of aliphatic carboxylic acids is 1. The number of hydrogen-bond donors (Lipinski definition) is 2. The van der Waals surface area contributed by atoms with E-state index in [9.17, 15) is 9.59 Å². The number of pyridine rings is 1. The van der Waals surface area contributed by atoms with Crippen molar-refractivity contribution in [2.75, 3.05) is 0 Å². The zero-order chi connectivity index (χ0) is 16.2. The molecular formula is C16H18N4O3. The van der Waals surface area contributed by atoms with Crippen molar-refractivity contribution in [3.8, 4) is 5.69 Å². The van der Waals surface area contributed by atoms with Crippen molar-refractivity contribution in [3.05, 3.63) is 42.7 Å². The molecule has 0 radical (unpaired) electrons. The van der Waals surface area contributed by atoms with Crippen LogP contribution in [-0.4, -0.2) is 37.6 Å². The van der Waals surface area contributed by atoms with Gasteiger partial charge in [-0.15, -0.1) is 0 Å². The number of nitrogens with zero attached hydrogens (tertiary/aromatic N) is 3. The predicted octanol–water partition coefficient (Wildman–Crippen LogP) is 1.64. The molecule has 2 aromatic heterocycles. The second-order valence-corrected chi connectivity index (χ2v) is 5.73. The summed E-state index contributed by atoms with van der Waals surface area (Å²) in [6.07, 6.45) is 9.28. The maximum Gasteiger partial charge on any atom is 0.306 e. The third-order valence-electron chi connectivity index (χ3n) is 4.19. The lowest BCUT2D eigenvalue weighted by molar-refractivity contribution is -0.142. The van der Waals surface area contributed by atoms with Gasteiger partial charge in [0.2, 0.25) is 0 Å². The highest BCUT2D eigenvalue weighted by Crippen LogP contribution is 2.24. The number of aromatic nitrogens is 3. The third kappa shape index (κ3) is 3.56. The topological polar surface area (TPSA) is 97.1 Å². The lowest BCUT2D eigenvalue weighted by atomic mass is 9.86. The van der Waals surface area contributed by atoms with E-state index in [-0.39, 0.29) is 17.9 Å². The summed E-state index contributed by atoms with van der Waals surface area (Å²) in [7, 11) is 0. The first-order valence-corrected chi connectivity index (χ1v) is 7.61. The largest absolute Gasteiger partial charge is 0.481 e. The number of carbonyl (C=O) groups is 2. The first-order chi connectivity index (χ1) is 11.1. The minimum atomic E-state index is -0.746. The Bertz CT molecular complexity index is 691. The van der Waals surface area contributed by atoms with Gasteiger partial charge in [0.15, 0.2) is 0 Å². The lowest BCUT2D eigenvalue weighted by Crippen LogP contribution is -2.39. The van der Waals surface area contributed by atoms with Crippen LogP contribution in [0.1, 0.15) is 36.2 Å². The summed E-state index contributed by atoms with van der Waals surface area (Å²) in [6.45, 7) is 0. The quantitative estimate of drug-likeness (QED) is 0.894. The van der Waals surface area contributed by atoms with Crippen LogP contribution >= 0.6 is 0 Å². The van der Waals surface area contributed by atoms with Crippen LogP contribution in [0.15, 0.2) is 37.1 Å². The fraction of sp³-hybridized carbons (Fsp3) is 0.375. The molecule has 2 N–H and O–H groups in total. The highest BCUT2D eigenvalue weighted by molar-refractivity contribution is 5.93. The molecule has 1 fully saturated rings. The van der Waals surface area contributed by atoms with Crippen LogP contribution in [0.4, 0.5) is 0 Å². The first-order valence-electron chi connectivity index (χ1n) is 7.61. The smallest absolute Gasteiger partial charge is 0.306 e. The van der Waals surface area contributed by atoms with Gasteiger partial charge in [-0.2, -0.15) is 0 Å². The molecule has 120 valence electrons. The van der Waals surface area contributed by atoms with Gasteiger partial charge in [0.1, 0.15) is 5.69 Å². The molecule has 1 aliphatic rings. The number of rotatable bonds is 4. The summed E-state index contributed by atoms with van der Waals surface area (Å²) in [5, 5.41) is 11.9. The van der Waals surface area contributed by atoms with E-state index in [1.807, 2.05) is 0 Å². The molecular weight excluding hydrogens is 296 g/mol. The van der Waals surface area contributed by atoms with E-state index in [0.717, 1.165) is 5.69 Å². The van der Waals surface area contributed by atoms with Gasteiger partial charge in [-0.1, -0.05) is 0 Å². The van der Waals surface area contributed by atoms with Gasteiger partial charge in [-0.3, -0.25) is 14.6 Å². The average Bonchev–Trinajstić information content (AvgIpc) is 3.10. The SMILES string of the molecule is O=C(NC1CCC(C(=O)O)CC1)c1cc(-n2ccnc2)ccn1. The minimum absolute atomic E-state index is 0.0109. The average molecular weight is 314 g/mol. The lowest BCUT2D eigenvalue weighted by Gasteiger charge is -2.26. The standard InChI is InChI=1S/C16H18N4O3/c21-15(19-12-3-1-11(2-4-12)16(22)23)14-9-13(5-6-18-14)20-8-7-17-10-20/h5-12H,1-4H2,(H,19,21)(H,22,23). The monoisotopic (exact) mass is 314 g/mol. The maximum absolute atomic E-state index is 12.3. The van der Waals surface area contributed by atoms with Crippen molar-refractivity contribution in [2.24, 2.45) is 5.92 Å². The molecule has 1 saturated carbocycles. The van der Waals surface area contributed by atoms with Crippen molar-refractivity contribution in [1.29, 1.82) is 0 Å². The minimum Gasteiger partial charge on any atom is -0.481 e. The number of carbonyl (C=O) groups excluding carboxylic acids is 1. The second-order valence-electron chi connectivity index (χ2n) is 5.73. The Hall–Kier alpha value is -2.70. The molecule has 7 heteroatoms. The Balaban J connectivity index is 1.63. The molecule has 0 bridgehead atoms. The molecule has 0 aromatic carbocycles. The predicted molar refractivity (Wildman–Crippen MR) is 82.2 cm³/mol. The zero-order valence-electron chi connectivity index (χ0n) is 12.6. The number of amides is 1. The zero-order valence-corrected chi connectivity index (χ0v) is 12.6. The van der Waals surface area contributed by atoms with E-state index in [2.05, 4.69) is 15.3 Å². The second kappa shape index (κ2) is 6.60. The van der Waals surface area contributed by atoms with Crippen LogP contribution in [0.3, 0.4) is 0 Å². The molecule has 0 spiro atoms. The molecule has 0 atom stereocenters. The molecule has 23 heavy (non-hydrogen) atoms. The highest BCUT2D eigenvalue weighted by Gasteiger charge is 2.27. The maximum atomic E-state index is 12.3. The molecule has 0 unspecified atom stereocenters. The summed E-state index contributed by atoms with van der Waals surface area (Å²) < 4.78 is 1.80. The van der Waals surface area contributed by atoms with Gasteiger partial charge in [-0.25, -0.2) is 4.98 Å². The molecule has 1 amide bonds. The van der Waals surface area contributed by atoms with Gasteiger partial charge < -0.3 is 15.0 Å². The van der Waals surface area contributed by atoms with E-state index in [1.165, 1.54) is 0 Å². The number of carboxylic acid groups (broad SMARTS) is 1. The normalized spacial score (nSPS) is 20.9. The van der Waals surface area contributed by atoms with Gasteiger partial charge in [0.25, 0.3) is 5.91 Å². The van der Waals surface area contributed by atoms with Crippen molar-refractivity contribution in [1.82, 2.24) is 19.9 Å². The Morgan fingerprint density at radius 2 is 2.00 bits per heavy atom. The van der Waals surface area contributed by atoms with E-state index < -0.39 is 5.97 Å². The molecule has 0 aliphatic heterocycles. The van der Waals surface area contributed by atoms with Crippen LogP contribution in [-0.2, 0) is 4.79 Å². The van der Waals surface area contributed by atoms with E-state index >= 15 is 0 Å². The number of hydrogen-bond acceptors (Lipinski definition) is 4. The Kier molecular flexibility index (Phi) is 4.36. The van der Waals surface area contributed by atoms with Gasteiger partial charge in [-0.05, 0) is 37.8 Å². The summed E-state index contributed by atoms with van der Waals surface area (Å²) in [4.78, 5) is 31.4. The molecule has 2 aromatic rings. The van der Waals surface area contributed by atoms with Crippen molar-refractivity contribution >= 4 is 11.9 Å². The number of imidazole rings is 1. The fourth-order valence-corrected chi connectivity index (χ4v) is 2.86. The Morgan fingerprint density at radius 3 is 2.65 bits per heavy atom. The molecule has 7 nitrogen and oxygen atoms in total. The molecule has 3 rings (SSSR count). The van der Waals surface area contributed by atoms with Crippen LogP contribution in [0.5, 0.6) is 0 Å². The van der Waals surface area contributed by atoms with Crippen molar-refractivity contribution in [2.45, 2.75) is 31.7 Å². The van der Waals surface area contributed by atoms with Gasteiger partial charge >= 0.3 is 5.97 Å². The fourth-order valence-electron chi connectivity index (χ4n) is 2.86. The van der Waals surface area contributed by atoms with E-state index in [4.69, 9.17) is 5.11 Å². The van der Waals surface area contributed by atoms with Crippen molar-refractivity contribution < 1.29 is 14.7 Å². The van der Waals surface area contributed by atoms with E-state index in [1.54, 1.807) is 41.6 Å². The summed E-state index contributed by atoms with van der Waals surface area (Å²) in [5.74, 6) is -1.26.